The predicted molar refractivity (Wildman–Crippen MR) is 78.3 cm³/mol. The molecule has 0 atom stereocenters. The molecule has 0 aliphatic heterocycles. The molecule has 0 unspecified atom stereocenters. The van der Waals surface area contributed by atoms with Crippen molar-refractivity contribution in [3.63, 3.8) is 0 Å². The lowest BCUT2D eigenvalue weighted by molar-refractivity contribution is 0.0729. The smallest absolute Gasteiger partial charge is 0.347 e. The van der Waals surface area contributed by atoms with Crippen molar-refractivity contribution in [1.29, 1.82) is 0 Å². The molecular formula is C17H16O3. The molecule has 0 heterocycles. The van der Waals surface area contributed by atoms with Crippen LogP contribution in [-0.4, -0.2) is 12.6 Å². The third-order valence-corrected chi connectivity index (χ3v) is 2.76. The summed E-state index contributed by atoms with van der Waals surface area (Å²) < 4.78 is 10.9. The summed E-state index contributed by atoms with van der Waals surface area (Å²) in [6.07, 6.45) is 1.63. The molecule has 0 amide bonds. The molecule has 0 fully saturated rings. The minimum atomic E-state index is -0.432. The van der Waals surface area contributed by atoms with E-state index in [1.807, 2.05) is 31.2 Å². The number of ether oxygens (including phenoxy) is 2. The summed E-state index contributed by atoms with van der Waals surface area (Å²) in [6.45, 7) is 5.82. The second-order valence-corrected chi connectivity index (χ2v) is 4.25. The molecule has 20 heavy (non-hydrogen) atoms. The Morgan fingerprint density at radius 3 is 2.45 bits per heavy atom. The maximum atomic E-state index is 12.2. The molecule has 2 aromatic rings. The zero-order valence-corrected chi connectivity index (χ0v) is 11.3. The highest BCUT2D eigenvalue weighted by atomic mass is 16.5. The molecular weight excluding hydrogens is 252 g/mol. The van der Waals surface area contributed by atoms with Crippen molar-refractivity contribution in [1.82, 2.24) is 0 Å². The number of carbonyl (C=O) groups excluding carboxylic acids is 1. The van der Waals surface area contributed by atoms with Crippen LogP contribution in [0.15, 0.2) is 61.2 Å². The van der Waals surface area contributed by atoms with Gasteiger partial charge in [-0.15, -0.1) is 0 Å². The Morgan fingerprint density at radius 1 is 1.10 bits per heavy atom. The Labute approximate surface area is 118 Å². The summed E-state index contributed by atoms with van der Waals surface area (Å²) in [6, 6.07) is 14.4. The minimum absolute atomic E-state index is 0.342. The van der Waals surface area contributed by atoms with Crippen LogP contribution in [0, 0.1) is 6.92 Å². The molecule has 0 saturated carbocycles. The molecule has 0 spiro atoms. The van der Waals surface area contributed by atoms with E-state index in [0.29, 0.717) is 23.7 Å². The summed E-state index contributed by atoms with van der Waals surface area (Å²) in [5.41, 5.74) is 1.31. The Balaban J connectivity index is 2.21. The molecule has 0 bridgehead atoms. The largest absolute Gasteiger partial charge is 0.489 e. The van der Waals surface area contributed by atoms with Crippen molar-refractivity contribution in [3.05, 3.63) is 72.3 Å². The highest BCUT2D eigenvalue weighted by Gasteiger charge is 2.15. The van der Waals surface area contributed by atoms with E-state index in [1.54, 1.807) is 30.3 Å². The lowest BCUT2D eigenvalue weighted by Crippen LogP contribution is -2.11. The van der Waals surface area contributed by atoms with Gasteiger partial charge in [0.25, 0.3) is 0 Å². The zero-order valence-electron chi connectivity index (χ0n) is 11.3. The number of hydrogen-bond donors (Lipinski definition) is 0. The molecule has 0 N–H and O–H groups in total. The van der Waals surface area contributed by atoms with Gasteiger partial charge in [-0.05, 0) is 30.7 Å². The summed E-state index contributed by atoms with van der Waals surface area (Å²) in [4.78, 5) is 12.2. The third kappa shape index (κ3) is 3.26. The first kappa shape index (κ1) is 13.9. The summed E-state index contributed by atoms with van der Waals surface area (Å²) >= 11 is 0. The maximum absolute atomic E-state index is 12.2. The van der Waals surface area contributed by atoms with E-state index < -0.39 is 5.97 Å². The van der Waals surface area contributed by atoms with E-state index in [2.05, 4.69) is 6.58 Å². The number of aryl methyl sites for hydroxylation is 1. The average Bonchev–Trinajstić information content (AvgIpc) is 2.47. The quantitative estimate of drug-likeness (QED) is 0.470. The first-order valence-corrected chi connectivity index (χ1v) is 6.33. The second-order valence-electron chi connectivity index (χ2n) is 4.25. The van der Waals surface area contributed by atoms with Gasteiger partial charge in [0.05, 0.1) is 0 Å². The molecule has 3 nitrogen and oxygen atoms in total. The molecule has 3 heteroatoms. The van der Waals surface area contributed by atoms with Crippen LogP contribution in [0.5, 0.6) is 11.5 Å². The van der Waals surface area contributed by atoms with Crippen LogP contribution < -0.4 is 9.47 Å². The van der Waals surface area contributed by atoms with Crippen LogP contribution >= 0.6 is 0 Å². The van der Waals surface area contributed by atoms with Crippen molar-refractivity contribution in [2.75, 3.05) is 6.61 Å². The van der Waals surface area contributed by atoms with Gasteiger partial charge in [-0.25, -0.2) is 4.79 Å². The second kappa shape index (κ2) is 6.57. The molecule has 2 aromatic carbocycles. The number of hydrogen-bond acceptors (Lipinski definition) is 3. The summed E-state index contributed by atoms with van der Waals surface area (Å²) in [7, 11) is 0. The summed E-state index contributed by atoms with van der Waals surface area (Å²) in [5.74, 6) is 0.612. The van der Waals surface area contributed by atoms with Crippen LogP contribution in [-0.2, 0) is 0 Å². The van der Waals surface area contributed by atoms with E-state index in [4.69, 9.17) is 9.47 Å². The van der Waals surface area contributed by atoms with E-state index in [1.165, 1.54) is 0 Å². The van der Waals surface area contributed by atoms with Gasteiger partial charge in [0.2, 0.25) is 0 Å². The van der Waals surface area contributed by atoms with Gasteiger partial charge in [0, 0.05) is 0 Å². The Kier molecular flexibility index (Phi) is 4.56. The predicted octanol–water partition coefficient (Wildman–Crippen LogP) is 3.78. The maximum Gasteiger partial charge on any atom is 0.347 e. The third-order valence-electron chi connectivity index (χ3n) is 2.76. The fourth-order valence-electron chi connectivity index (χ4n) is 1.74. The summed E-state index contributed by atoms with van der Waals surface area (Å²) in [5, 5.41) is 0. The van der Waals surface area contributed by atoms with E-state index >= 15 is 0 Å². The van der Waals surface area contributed by atoms with Gasteiger partial charge in [0.1, 0.15) is 23.7 Å². The van der Waals surface area contributed by atoms with Crippen molar-refractivity contribution < 1.29 is 14.3 Å². The zero-order chi connectivity index (χ0) is 14.4. The standard InChI is InChI=1S/C17H16O3/c1-3-12-19-16-11-7-5-9-14(16)17(18)20-15-10-6-4-8-13(15)2/h3-11H,1,12H2,2H3. The number of benzene rings is 2. The highest BCUT2D eigenvalue weighted by molar-refractivity contribution is 5.94. The minimum Gasteiger partial charge on any atom is -0.489 e. The van der Waals surface area contributed by atoms with Crippen LogP contribution in [0.1, 0.15) is 15.9 Å². The Hall–Kier alpha value is -2.55. The Morgan fingerprint density at radius 2 is 1.75 bits per heavy atom. The van der Waals surface area contributed by atoms with Crippen molar-refractivity contribution in [2.45, 2.75) is 6.92 Å². The van der Waals surface area contributed by atoms with E-state index in [9.17, 15) is 4.79 Å². The number of carbonyl (C=O) groups is 1. The van der Waals surface area contributed by atoms with Crippen LogP contribution in [0.25, 0.3) is 0 Å². The van der Waals surface area contributed by atoms with Gasteiger partial charge in [-0.2, -0.15) is 0 Å². The lowest BCUT2D eigenvalue weighted by atomic mass is 10.2. The fourth-order valence-corrected chi connectivity index (χ4v) is 1.74. The normalized spacial score (nSPS) is 9.85. The topological polar surface area (TPSA) is 35.5 Å². The first-order valence-electron chi connectivity index (χ1n) is 6.33. The monoisotopic (exact) mass is 268 g/mol. The molecule has 102 valence electrons. The van der Waals surface area contributed by atoms with E-state index in [-0.39, 0.29) is 0 Å². The number of para-hydroxylation sites is 2. The van der Waals surface area contributed by atoms with Gasteiger partial charge >= 0.3 is 5.97 Å². The highest BCUT2D eigenvalue weighted by Crippen LogP contribution is 2.22. The molecule has 0 radical (unpaired) electrons. The molecule has 0 aliphatic rings. The van der Waals surface area contributed by atoms with Gasteiger partial charge in [-0.1, -0.05) is 43.0 Å². The number of esters is 1. The first-order chi connectivity index (χ1) is 9.72. The number of rotatable bonds is 5. The SMILES string of the molecule is C=CCOc1ccccc1C(=O)Oc1ccccc1C. The molecule has 0 aromatic heterocycles. The Bertz CT molecular complexity index is 617. The lowest BCUT2D eigenvalue weighted by Gasteiger charge is -2.10. The van der Waals surface area contributed by atoms with Gasteiger partial charge < -0.3 is 9.47 Å². The molecule has 2 rings (SSSR count). The average molecular weight is 268 g/mol. The molecule has 0 saturated heterocycles. The van der Waals surface area contributed by atoms with Gasteiger partial charge in [-0.3, -0.25) is 0 Å². The van der Waals surface area contributed by atoms with Crippen LogP contribution in [0.3, 0.4) is 0 Å². The van der Waals surface area contributed by atoms with Crippen molar-refractivity contribution in [3.8, 4) is 11.5 Å². The fraction of sp³-hybridized carbons (Fsp3) is 0.118. The van der Waals surface area contributed by atoms with E-state index in [0.717, 1.165) is 5.56 Å². The van der Waals surface area contributed by atoms with Gasteiger partial charge in [0.15, 0.2) is 0 Å². The van der Waals surface area contributed by atoms with Crippen LogP contribution in [0.4, 0.5) is 0 Å². The van der Waals surface area contributed by atoms with Crippen molar-refractivity contribution >= 4 is 5.97 Å². The van der Waals surface area contributed by atoms with Crippen LogP contribution in [0.2, 0.25) is 0 Å². The van der Waals surface area contributed by atoms with Crippen molar-refractivity contribution in [2.24, 2.45) is 0 Å². The molecule has 0 aliphatic carbocycles.